The van der Waals surface area contributed by atoms with Crippen molar-refractivity contribution in [2.24, 2.45) is 0 Å². The summed E-state index contributed by atoms with van der Waals surface area (Å²) in [5.41, 5.74) is 6.49. The third kappa shape index (κ3) is 2.42. The zero-order valence-corrected chi connectivity index (χ0v) is 11.0. The van der Waals surface area contributed by atoms with Crippen LogP contribution in [0.5, 0.6) is 0 Å². The molecule has 0 radical (unpaired) electrons. The zero-order valence-electron chi connectivity index (χ0n) is 11.0. The zero-order chi connectivity index (χ0) is 14.0. The molecule has 0 atom stereocenters. The third-order valence-corrected chi connectivity index (χ3v) is 3.03. The number of aryl methyl sites for hydroxylation is 2. The van der Waals surface area contributed by atoms with E-state index in [2.05, 4.69) is 4.98 Å². The van der Waals surface area contributed by atoms with Gasteiger partial charge in [0.25, 0.3) is 5.56 Å². The van der Waals surface area contributed by atoms with Crippen molar-refractivity contribution in [2.45, 2.75) is 26.9 Å². The van der Waals surface area contributed by atoms with Gasteiger partial charge in [0.1, 0.15) is 5.69 Å². The lowest BCUT2D eigenvalue weighted by Gasteiger charge is -2.10. The second-order valence-corrected chi connectivity index (χ2v) is 4.31. The highest BCUT2D eigenvalue weighted by atomic mass is 16.2. The number of aromatic nitrogens is 3. The van der Waals surface area contributed by atoms with Gasteiger partial charge in [-0.15, -0.1) is 0 Å². The monoisotopic (exact) mass is 260 g/mol. The van der Waals surface area contributed by atoms with Gasteiger partial charge in [-0.1, -0.05) is 6.07 Å². The van der Waals surface area contributed by atoms with Crippen LogP contribution in [-0.2, 0) is 13.1 Å². The Bertz CT molecular complexity index is 715. The van der Waals surface area contributed by atoms with Crippen LogP contribution < -0.4 is 17.0 Å². The Morgan fingerprint density at radius 3 is 2.74 bits per heavy atom. The summed E-state index contributed by atoms with van der Waals surface area (Å²) in [6.45, 7) is 4.31. The lowest BCUT2D eigenvalue weighted by atomic mass is 10.2. The Morgan fingerprint density at radius 2 is 2.11 bits per heavy atom. The molecule has 0 unspecified atom stereocenters. The molecule has 2 heterocycles. The summed E-state index contributed by atoms with van der Waals surface area (Å²) in [6, 6.07) is 3.70. The average molecular weight is 260 g/mol. The van der Waals surface area contributed by atoms with Crippen LogP contribution >= 0.6 is 0 Å². The smallest absolute Gasteiger partial charge is 0.331 e. The van der Waals surface area contributed by atoms with Gasteiger partial charge in [-0.2, -0.15) is 0 Å². The summed E-state index contributed by atoms with van der Waals surface area (Å²) in [5, 5.41) is 0. The largest absolute Gasteiger partial charge is 0.393 e. The van der Waals surface area contributed by atoms with E-state index in [0.29, 0.717) is 12.2 Å². The average Bonchev–Trinajstić information content (AvgIpc) is 2.41. The number of pyridine rings is 1. The molecule has 0 aromatic carbocycles. The first-order chi connectivity index (χ1) is 9.04. The Labute approximate surface area is 110 Å². The first-order valence-corrected chi connectivity index (χ1v) is 6.04. The molecule has 2 aromatic heterocycles. The molecule has 0 bridgehead atoms. The maximum atomic E-state index is 12.1. The normalized spacial score (nSPS) is 10.6. The molecule has 6 heteroatoms. The van der Waals surface area contributed by atoms with E-state index in [1.165, 1.54) is 10.8 Å². The molecule has 2 rings (SSSR count). The minimum absolute atomic E-state index is 0.0648. The van der Waals surface area contributed by atoms with E-state index in [4.69, 9.17) is 5.73 Å². The summed E-state index contributed by atoms with van der Waals surface area (Å²) < 4.78 is 2.53. The minimum Gasteiger partial charge on any atom is -0.393 e. The van der Waals surface area contributed by atoms with Crippen molar-refractivity contribution in [2.75, 3.05) is 5.73 Å². The Balaban J connectivity index is 2.58. The predicted octanol–water partition coefficient (Wildman–Crippen LogP) is 0.364. The lowest BCUT2D eigenvalue weighted by Crippen LogP contribution is -2.41. The predicted molar refractivity (Wildman–Crippen MR) is 73.1 cm³/mol. The highest BCUT2D eigenvalue weighted by molar-refractivity contribution is 5.31. The van der Waals surface area contributed by atoms with Gasteiger partial charge < -0.3 is 5.73 Å². The summed E-state index contributed by atoms with van der Waals surface area (Å²) in [7, 11) is 0. The molecule has 100 valence electrons. The fourth-order valence-corrected chi connectivity index (χ4v) is 1.88. The summed E-state index contributed by atoms with van der Waals surface area (Å²) >= 11 is 0. The van der Waals surface area contributed by atoms with Gasteiger partial charge in [-0.25, -0.2) is 4.79 Å². The topological polar surface area (TPSA) is 82.9 Å². The van der Waals surface area contributed by atoms with Gasteiger partial charge in [0.15, 0.2) is 0 Å². The number of nitrogens with zero attached hydrogens (tertiary/aromatic N) is 3. The molecule has 0 spiro atoms. The number of hydrogen-bond donors (Lipinski definition) is 1. The van der Waals surface area contributed by atoms with Gasteiger partial charge in [0.05, 0.1) is 12.2 Å². The fourth-order valence-electron chi connectivity index (χ4n) is 1.88. The van der Waals surface area contributed by atoms with E-state index in [1.807, 2.05) is 26.0 Å². The van der Waals surface area contributed by atoms with E-state index in [-0.39, 0.29) is 17.9 Å². The molecule has 0 saturated carbocycles. The number of nitrogens with two attached hydrogens (primary N) is 1. The van der Waals surface area contributed by atoms with Gasteiger partial charge in [-0.05, 0) is 25.5 Å². The fraction of sp³-hybridized carbons (Fsp3) is 0.308. The first-order valence-electron chi connectivity index (χ1n) is 6.04. The highest BCUT2D eigenvalue weighted by Gasteiger charge is 2.10. The van der Waals surface area contributed by atoms with Crippen molar-refractivity contribution in [3.63, 3.8) is 0 Å². The van der Waals surface area contributed by atoms with Crippen LogP contribution in [0.3, 0.4) is 0 Å². The minimum atomic E-state index is -0.472. The van der Waals surface area contributed by atoms with Crippen LogP contribution in [0.15, 0.2) is 34.1 Å². The summed E-state index contributed by atoms with van der Waals surface area (Å²) in [4.78, 5) is 28.3. The molecule has 0 aliphatic rings. The third-order valence-electron chi connectivity index (χ3n) is 3.03. The van der Waals surface area contributed by atoms with Gasteiger partial charge >= 0.3 is 5.69 Å². The highest BCUT2D eigenvalue weighted by Crippen LogP contribution is 2.03. The van der Waals surface area contributed by atoms with Crippen LogP contribution in [0.2, 0.25) is 0 Å². The van der Waals surface area contributed by atoms with E-state index < -0.39 is 5.56 Å². The molecular formula is C13H16N4O2. The molecule has 2 N–H and O–H groups in total. The van der Waals surface area contributed by atoms with E-state index in [0.717, 1.165) is 10.1 Å². The molecular weight excluding hydrogens is 244 g/mol. The van der Waals surface area contributed by atoms with Gasteiger partial charge in [0, 0.05) is 18.9 Å². The van der Waals surface area contributed by atoms with Crippen LogP contribution in [0.25, 0.3) is 0 Å². The molecule has 2 aromatic rings. The van der Waals surface area contributed by atoms with Gasteiger partial charge in [-0.3, -0.25) is 18.9 Å². The van der Waals surface area contributed by atoms with Crippen LogP contribution in [0, 0.1) is 6.92 Å². The lowest BCUT2D eigenvalue weighted by molar-refractivity contribution is 0.596. The van der Waals surface area contributed by atoms with Crippen molar-refractivity contribution in [1.82, 2.24) is 14.1 Å². The van der Waals surface area contributed by atoms with Crippen molar-refractivity contribution in [1.29, 1.82) is 0 Å². The number of nitrogen functional groups attached to an aromatic ring is 1. The molecule has 0 saturated heterocycles. The van der Waals surface area contributed by atoms with Crippen LogP contribution in [0.4, 0.5) is 5.69 Å². The van der Waals surface area contributed by atoms with Crippen LogP contribution in [0.1, 0.15) is 18.2 Å². The summed E-state index contributed by atoms with van der Waals surface area (Å²) in [6.07, 6.45) is 3.02. The molecule has 0 amide bonds. The van der Waals surface area contributed by atoms with Crippen molar-refractivity contribution < 1.29 is 0 Å². The van der Waals surface area contributed by atoms with E-state index in [1.54, 1.807) is 6.20 Å². The Morgan fingerprint density at radius 1 is 1.37 bits per heavy atom. The second kappa shape index (κ2) is 5.09. The Kier molecular flexibility index (Phi) is 3.50. The van der Waals surface area contributed by atoms with E-state index >= 15 is 0 Å². The van der Waals surface area contributed by atoms with Crippen molar-refractivity contribution >= 4 is 5.69 Å². The maximum Gasteiger partial charge on any atom is 0.331 e. The number of anilines is 1. The van der Waals surface area contributed by atoms with Crippen molar-refractivity contribution in [3.05, 3.63) is 56.6 Å². The standard InChI is InChI=1S/C13H16N4O2/c1-3-16-7-10(14)12(18)17(13(16)19)8-11-9(2)5-4-6-15-11/h4-7H,3,8,14H2,1-2H3. The first kappa shape index (κ1) is 13.1. The maximum absolute atomic E-state index is 12.1. The molecule has 0 fully saturated rings. The van der Waals surface area contributed by atoms with Crippen LogP contribution in [-0.4, -0.2) is 14.1 Å². The molecule has 0 aliphatic heterocycles. The van der Waals surface area contributed by atoms with E-state index in [9.17, 15) is 9.59 Å². The second-order valence-electron chi connectivity index (χ2n) is 4.31. The SMILES string of the molecule is CCn1cc(N)c(=O)n(Cc2ncccc2C)c1=O. The Hall–Kier alpha value is -2.37. The number of hydrogen-bond acceptors (Lipinski definition) is 4. The number of rotatable bonds is 3. The molecule has 0 aliphatic carbocycles. The molecule has 19 heavy (non-hydrogen) atoms. The van der Waals surface area contributed by atoms with Gasteiger partial charge in [0.2, 0.25) is 0 Å². The quantitative estimate of drug-likeness (QED) is 0.864. The molecule has 6 nitrogen and oxygen atoms in total. The summed E-state index contributed by atoms with van der Waals surface area (Å²) in [5.74, 6) is 0. The van der Waals surface area contributed by atoms with Crippen molar-refractivity contribution in [3.8, 4) is 0 Å².